The van der Waals surface area contributed by atoms with E-state index in [1.165, 1.54) is 11.3 Å². The maximum absolute atomic E-state index is 13.0. The second-order valence-electron chi connectivity index (χ2n) is 9.35. The fourth-order valence-electron chi connectivity index (χ4n) is 4.63. The average molecular weight is 524 g/mol. The molecule has 0 N–H and O–H groups in total. The topological polar surface area (TPSA) is 82.3 Å². The molecular weight excluding hydrogens is 494 g/mol. The van der Waals surface area contributed by atoms with Crippen LogP contribution >= 0.6 is 11.3 Å². The number of aromatic nitrogens is 2. The molecule has 8 heteroatoms. The highest BCUT2D eigenvalue weighted by Gasteiger charge is 2.29. The summed E-state index contributed by atoms with van der Waals surface area (Å²) in [5.74, 6) is 0.817. The van der Waals surface area contributed by atoms with Gasteiger partial charge in [-0.05, 0) is 60.4 Å². The van der Waals surface area contributed by atoms with E-state index in [9.17, 15) is 4.79 Å². The number of hydrogen-bond acceptors (Lipinski definition) is 7. The van der Waals surface area contributed by atoms with Crippen molar-refractivity contribution in [1.29, 1.82) is 5.26 Å². The molecule has 0 radical (unpaired) electrons. The van der Waals surface area contributed by atoms with Crippen LogP contribution in [0.5, 0.6) is 5.75 Å². The number of benzene rings is 2. The van der Waals surface area contributed by atoms with Crippen LogP contribution in [0.25, 0.3) is 21.7 Å². The third-order valence-corrected chi connectivity index (χ3v) is 7.73. The van der Waals surface area contributed by atoms with Gasteiger partial charge in [-0.25, -0.2) is 4.98 Å². The molecule has 4 aromatic rings. The van der Waals surface area contributed by atoms with Crippen LogP contribution < -0.4 is 4.74 Å². The van der Waals surface area contributed by atoms with E-state index >= 15 is 0 Å². The van der Waals surface area contributed by atoms with Gasteiger partial charge < -0.3 is 14.5 Å². The lowest BCUT2D eigenvalue weighted by Gasteiger charge is -2.24. The van der Waals surface area contributed by atoms with Crippen molar-refractivity contribution in [2.75, 3.05) is 33.3 Å². The Morgan fingerprint density at radius 3 is 2.61 bits per heavy atom. The van der Waals surface area contributed by atoms with E-state index in [2.05, 4.69) is 20.9 Å². The van der Waals surface area contributed by atoms with E-state index in [1.807, 2.05) is 78.0 Å². The molecule has 1 fully saturated rings. The van der Waals surface area contributed by atoms with Gasteiger partial charge >= 0.3 is 0 Å². The number of likely N-dealkylation sites (tertiary alicyclic amines) is 1. The summed E-state index contributed by atoms with van der Waals surface area (Å²) in [6.07, 6.45) is 5.37. The number of pyridine rings is 1. The van der Waals surface area contributed by atoms with Gasteiger partial charge in [-0.2, -0.15) is 5.26 Å². The Morgan fingerprint density at radius 2 is 1.89 bits per heavy atom. The first-order valence-electron chi connectivity index (χ1n) is 12.7. The molecule has 0 unspecified atom stereocenters. The molecule has 38 heavy (non-hydrogen) atoms. The van der Waals surface area contributed by atoms with Gasteiger partial charge in [0.05, 0.1) is 18.2 Å². The van der Waals surface area contributed by atoms with E-state index in [0.717, 1.165) is 59.9 Å². The smallest absolute Gasteiger partial charge is 0.273 e. The second-order valence-corrected chi connectivity index (χ2v) is 10.2. The van der Waals surface area contributed by atoms with Crippen molar-refractivity contribution in [3.05, 3.63) is 89.7 Å². The van der Waals surface area contributed by atoms with Crippen LogP contribution in [0.1, 0.15) is 28.9 Å². The average Bonchev–Trinajstić information content (AvgIpc) is 3.66. The molecular formula is C30H29N5O2S. The zero-order valence-electron chi connectivity index (χ0n) is 21.3. The predicted molar refractivity (Wildman–Crippen MR) is 149 cm³/mol. The Hall–Kier alpha value is -4.06. The van der Waals surface area contributed by atoms with Gasteiger partial charge in [-0.15, -0.1) is 11.3 Å². The largest absolute Gasteiger partial charge is 0.494 e. The van der Waals surface area contributed by atoms with Crippen molar-refractivity contribution >= 4 is 17.2 Å². The third-order valence-electron chi connectivity index (χ3n) is 6.84. The molecule has 5 rings (SSSR count). The molecule has 2 aromatic heterocycles. The summed E-state index contributed by atoms with van der Waals surface area (Å²) in [6, 6.07) is 21.8. The number of likely N-dealkylation sites (N-methyl/N-ethyl adjacent to an activating group) is 1. The lowest BCUT2D eigenvalue weighted by atomic mass is 10.0. The van der Waals surface area contributed by atoms with Gasteiger partial charge in [-0.3, -0.25) is 9.78 Å². The lowest BCUT2D eigenvalue weighted by molar-refractivity contribution is 0.0730. The van der Waals surface area contributed by atoms with Crippen LogP contribution in [0.15, 0.2) is 78.4 Å². The van der Waals surface area contributed by atoms with Gasteiger partial charge in [0.2, 0.25) is 0 Å². The first kappa shape index (κ1) is 25.6. The summed E-state index contributed by atoms with van der Waals surface area (Å²) >= 11 is 1.47. The molecule has 1 aliphatic rings. The van der Waals surface area contributed by atoms with E-state index in [0.29, 0.717) is 17.9 Å². The highest BCUT2D eigenvalue weighted by atomic mass is 32.1. The molecule has 1 amide bonds. The number of amides is 1. The minimum atomic E-state index is -0.0315. The number of thiazole rings is 1. The number of ether oxygens (including phenoxy) is 1. The van der Waals surface area contributed by atoms with Gasteiger partial charge in [0.15, 0.2) is 0 Å². The van der Waals surface area contributed by atoms with E-state index in [4.69, 9.17) is 10.00 Å². The monoisotopic (exact) mass is 523 g/mol. The minimum absolute atomic E-state index is 0.0315. The first-order chi connectivity index (χ1) is 18.6. The predicted octanol–water partition coefficient (Wildman–Crippen LogP) is 5.36. The van der Waals surface area contributed by atoms with Crippen molar-refractivity contribution in [3.63, 3.8) is 0 Å². The quantitative estimate of drug-likeness (QED) is 0.275. The summed E-state index contributed by atoms with van der Waals surface area (Å²) in [4.78, 5) is 26.0. The van der Waals surface area contributed by atoms with Crippen molar-refractivity contribution < 1.29 is 9.53 Å². The molecule has 0 aliphatic carbocycles. The number of carbonyl (C=O) groups excluding carboxylic acids is 1. The second kappa shape index (κ2) is 12.0. The zero-order chi connectivity index (χ0) is 26.3. The molecule has 1 aliphatic heterocycles. The SMILES string of the molecule is CN(C(=O)c1csc(-c2cccnc2)n1)[C@@H]1CCN(CCCOc2ccc(-c3ccc(C#N)cc3)cc2)C1. The van der Waals surface area contributed by atoms with Gasteiger partial charge in [0.1, 0.15) is 16.5 Å². The van der Waals surface area contributed by atoms with E-state index in [-0.39, 0.29) is 11.9 Å². The normalized spacial score (nSPS) is 15.2. The highest BCUT2D eigenvalue weighted by Crippen LogP contribution is 2.25. The molecule has 0 bridgehead atoms. The van der Waals surface area contributed by atoms with E-state index in [1.54, 1.807) is 12.4 Å². The molecule has 7 nitrogen and oxygen atoms in total. The molecule has 1 saturated heterocycles. The maximum Gasteiger partial charge on any atom is 0.273 e. The Kier molecular flexibility index (Phi) is 8.07. The van der Waals surface area contributed by atoms with Crippen LogP contribution in [0.4, 0.5) is 0 Å². The summed E-state index contributed by atoms with van der Waals surface area (Å²) < 4.78 is 5.96. The summed E-state index contributed by atoms with van der Waals surface area (Å²) in [5.41, 5.74) is 4.25. The Bertz CT molecular complexity index is 1400. The number of carbonyl (C=O) groups is 1. The first-order valence-corrected chi connectivity index (χ1v) is 13.6. The van der Waals surface area contributed by atoms with Crippen molar-refractivity contribution in [2.24, 2.45) is 0 Å². The molecule has 0 spiro atoms. The van der Waals surface area contributed by atoms with Crippen molar-refractivity contribution in [2.45, 2.75) is 18.9 Å². The number of nitrogens with zero attached hydrogens (tertiary/aromatic N) is 5. The lowest BCUT2D eigenvalue weighted by Crippen LogP contribution is -2.39. The van der Waals surface area contributed by atoms with Gasteiger partial charge in [0.25, 0.3) is 5.91 Å². The minimum Gasteiger partial charge on any atom is -0.494 e. The molecule has 0 saturated carbocycles. The highest BCUT2D eigenvalue weighted by molar-refractivity contribution is 7.13. The number of nitriles is 1. The van der Waals surface area contributed by atoms with Crippen molar-refractivity contribution in [3.8, 4) is 33.5 Å². The summed E-state index contributed by atoms with van der Waals surface area (Å²) in [5, 5.41) is 11.6. The van der Waals surface area contributed by atoms with E-state index < -0.39 is 0 Å². The fraction of sp³-hybridized carbons (Fsp3) is 0.267. The van der Waals surface area contributed by atoms with Crippen molar-refractivity contribution in [1.82, 2.24) is 19.8 Å². The number of hydrogen-bond donors (Lipinski definition) is 0. The summed E-state index contributed by atoms with van der Waals surface area (Å²) in [7, 11) is 1.88. The Morgan fingerprint density at radius 1 is 1.13 bits per heavy atom. The maximum atomic E-state index is 13.0. The third kappa shape index (κ3) is 6.08. The fourth-order valence-corrected chi connectivity index (χ4v) is 5.42. The van der Waals surface area contributed by atoms with Crippen LogP contribution in [-0.2, 0) is 0 Å². The van der Waals surface area contributed by atoms with Gasteiger partial charge in [-0.1, -0.05) is 24.3 Å². The standard InChI is InChI=1S/C30H29N5O2S/c1-34(30(36)28-21-38-29(33-28)25-4-2-14-32-19-25)26-13-16-35(20-26)15-3-17-37-27-11-9-24(10-12-27)23-7-5-22(18-31)6-8-23/h2,4-12,14,19,21,26H,3,13,15-17,20H2,1H3/t26-/m1/s1. The molecule has 3 heterocycles. The number of rotatable bonds is 9. The zero-order valence-corrected chi connectivity index (χ0v) is 22.1. The van der Waals surface area contributed by atoms with Crippen LogP contribution in [0.2, 0.25) is 0 Å². The molecule has 192 valence electrons. The molecule has 2 aromatic carbocycles. The Balaban J connectivity index is 1.05. The summed E-state index contributed by atoms with van der Waals surface area (Å²) in [6.45, 7) is 3.41. The molecule has 1 atom stereocenters. The Labute approximate surface area is 227 Å². The van der Waals surface area contributed by atoms with Crippen LogP contribution in [-0.4, -0.2) is 65.0 Å². The van der Waals surface area contributed by atoms with Gasteiger partial charge in [0, 0.05) is 56.1 Å². The van der Waals surface area contributed by atoms with Crippen LogP contribution in [0.3, 0.4) is 0 Å². The van der Waals surface area contributed by atoms with Crippen LogP contribution in [0, 0.1) is 11.3 Å².